The lowest BCUT2D eigenvalue weighted by molar-refractivity contribution is -0.393. The van der Waals surface area contributed by atoms with E-state index in [0.29, 0.717) is 36.1 Å². The number of non-ortho nitro benzene ring substituents is 1. The molecular formula is C45H59N7O10. The minimum Gasteiger partial charge on any atom is -0.491 e. The first-order valence-electron chi connectivity index (χ1n) is 20.9. The molecule has 0 aliphatic rings. The van der Waals surface area contributed by atoms with Gasteiger partial charge >= 0.3 is 11.7 Å². The minimum atomic E-state index is -0.745. The van der Waals surface area contributed by atoms with Gasteiger partial charge in [-0.15, -0.1) is 15.3 Å². The van der Waals surface area contributed by atoms with E-state index in [1.54, 1.807) is 18.2 Å². The molecule has 0 aromatic heterocycles. The first kappa shape index (κ1) is 50.0. The molecule has 3 rings (SSSR count). The van der Waals surface area contributed by atoms with Gasteiger partial charge < -0.3 is 23.8 Å². The van der Waals surface area contributed by atoms with Crippen LogP contribution in [-0.2, 0) is 19.1 Å². The van der Waals surface area contributed by atoms with Crippen molar-refractivity contribution in [1.29, 1.82) is 0 Å². The number of carbonyl (C=O) groups is 2. The lowest BCUT2D eigenvalue weighted by atomic mass is 10.0. The summed E-state index contributed by atoms with van der Waals surface area (Å²) in [5.41, 5.74) is 1.38. The van der Waals surface area contributed by atoms with Gasteiger partial charge in [0.15, 0.2) is 11.5 Å². The summed E-state index contributed by atoms with van der Waals surface area (Å²) >= 11 is 0. The molecule has 0 radical (unpaired) electrons. The Hall–Kier alpha value is -6.36. The van der Waals surface area contributed by atoms with Crippen LogP contribution >= 0.6 is 0 Å². The smallest absolute Gasteiger partial charge is 0.330 e. The van der Waals surface area contributed by atoms with Crippen LogP contribution in [0.2, 0.25) is 0 Å². The average molecular weight is 858 g/mol. The standard InChI is InChI=1S/C45H59N7O10/c1-8-14-16-33(10-3)28-61-43-27-41(49-47-39-21-19-36(51(55)56)25-42(39)52(57)58)44(62-29-34(11-4)17-15-9-2)26-40(43)48-46-38-20-18-35(24-32(38)7)50(22-23-60-45(54)13-6)31-59-30-37(53)12-5/h12-13,18-21,24-27,33-34H,5-6,8-11,14-17,22-23,28-31H2,1-4,7H3. The zero-order valence-corrected chi connectivity index (χ0v) is 36.5. The van der Waals surface area contributed by atoms with Crippen LogP contribution in [0.3, 0.4) is 0 Å². The fourth-order valence-corrected chi connectivity index (χ4v) is 6.06. The van der Waals surface area contributed by atoms with Crippen LogP contribution in [-0.4, -0.2) is 61.3 Å². The first-order chi connectivity index (χ1) is 29.9. The fraction of sp³-hybridized carbons (Fsp3) is 0.467. The van der Waals surface area contributed by atoms with Crippen molar-refractivity contribution in [2.24, 2.45) is 32.3 Å². The van der Waals surface area contributed by atoms with Crippen LogP contribution in [0.25, 0.3) is 0 Å². The number of carbonyl (C=O) groups excluding carboxylic acids is 2. The van der Waals surface area contributed by atoms with E-state index in [-0.39, 0.29) is 55.5 Å². The molecule has 0 N–H and O–H groups in total. The predicted molar refractivity (Wildman–Crippen MR) is 238 cm³/mol. The van der Waals surface area contributed by atoms with E-state index in [9.17, 15) is 29.8 Å². The van der Waals surface area contributed by atoms with E-state index in [1.807, 2.05) is 24.0 Å². The van der Waals surface area contributed by atoms with Crippen LogP contribution in [0.5, 0.6) is 11.5 Å². The van der Waals surface area contributed by atoms with E-state index < -0.39 is 27.2 Å². The number of nitro benzene ring substituents is 2. The number of nitrogens with zero attached hydrogens (tertiary/aromatic N) is 7. The third-order valence-electron chi connectivity index (χ3n) is 10.0. The monoisotopic (exact) mass is 857 g/mol. The van der Waals surface area contributed by atoms with E-state index >= 15 is 0 Å². The molecule has 0 saturated carbocycles. The topological polar surface area (TPSA) is 210 Å². The molecule has 0 amide bonds. The lowest BCUT2D eigenvalue weighted by Gasteiger charge is -2.24. The number of hydrogen-bond acceptors (Lipinski definition) is 15. The maximum Gasteiger partial charge on any atom is 0.330 e. The van der Waals surface area contributed by atoms with Crippen LogP contribution in [0.4, 0.5) is 39.8 Å². The number of ketones is 1. The van der Waals surface area contributed by atoms with Crippen molar-refractivity contribution in [3.63, 3.8) is 0 Å². The van der Waals surface area contributed by atoms with Crippen molar-refractivity contribution >= 4 is 51.6 Å². The Kier molecular flexibility index (Phi) is 21.6. The zero-order chi connectivity index (χ0) is 45.4. The summed E-state index contributed by atoms with van der Waals surface area (Å²) in [6.45, 7) is 18.1. The van der Waals surface area contributed by atoms with Crippen LogP contribution in [0, 0.1) is 39.0 Å². The lowest BCUT2D eigenvalue weighted by Crippen LogP contribution is -2.31. The number of hydrogen-bond donors (Lipinski definition) is 0. The van der Waals surface area contributed by atoms with Crippen molar-refractivity contribution in [2.75, 3.05) is 44.6 Å². The van der Waals surface area contributed by atoms with Gasteiger partial charge in [-0.05, 0) is 67.5 Å². The molecule has 0 bridgehead atoms. The molecule has 334 valence electrons. The number of anilines is 1. The van der Waals surface area contributed by atoms with Crippen molar-refractivity contribution in [2.45, 2.75) is 86.0 Å². The molecule has 17 nitrogen and oxygen atoms in total. The van der Waals surface area contributed by atoms with Crippen molar-refractivity contribution in [3.05, 3.63) is 99.6 Å². The van der Waals surface area contributed by atoms with E-state index in [1.165, 1.54) is 12.1 Å². The number of benzene rings is 3. The van der Waals surface area contributed by atoms with Gasteiger partial charge in [-0.1, -0.05) is 79.4 Å². The number of esters is 1. The number of aryl methyl sites for hydroxylation is 1. The Morgan fingerprint density at radius 3 is 1.82 bits per heavy atom. The predicted octanol–water partition coefficient (Wildman–Crippen LogP) is 12.1. The van der Waals surface area contributed by atoms with Gasteiger partial charge in [0.25, 0.3) is 5.69 Å². The fourth-order valence-electron chi connectivity index (χ4n) is 6.06. The summed E-state index contributed by atoms with van der Waals surface area (Å²) in [5, 5.41) is 41.1. The number of unbranched alkanes of at least 4 members (excludes halogenated alkanes) is 2. The van der Waals surface area contributed by atoms with Gasteiger partial charge in [-0.2, -0.15) is 5.11 Å². The molecule has 0 aliphatic heterocycles. The van der Waals surface area contributed by atoms with Gasteiger partial charge in [0.1, 0.15) is 42.8 Å². The van der Waals surface area contributed by atoms with Crippen LogP contribution < -0.4 is 14.4 Å². The van der Waals surface area contributed by atoms with E-state index in [0.717, 1.165) is 80.8 Å². The second kappa shape index (κ2) is 26.8. The maximum atomic E-state index is 11.9. The minimum absolute atomic E-state index is 0.0323. The Bertz CT molecular complexity index is 2030. The highest BCUT2D eigenvalue weighted by Gasteiger charge is 2.21. The molecular weight excluding hydrogens is 799 g/mol. The van der Waals surface area contributed by atoms with E-state index in [2.05, 4.69) is 61.3 Å². The normalized spacial score (nSPS) is 12.2. The summed E-state index contributed by atoms with van der Waals surface area (Å²) in [6.07, 6.45) is 10.1. The summed E-state index contributed by atoms with van der Waals surface area (Å²) in [6, 6.07) is 11.9. The number of nitro groups is 2. The molecule has 17 heteroatoms. The first-order valence-corrected chi connectivity index (χ1v) is 20.9. The molecule has 2 unspecified atom stereocenters. The van der Waals surface area contributed by atoms with Gasteiger partial charge in [0.2, 0.25) is 0 Å². The number of rotatable bonds is 30. The van der Waals surface area contributed by atoms with Crippen LogP contribution in [0.15, 0.2) is 94.3 Å². The third kappa shape index (κ3) is 16.2. The Labute approximate surface area is 363 Å². The molecule has 3 aromatic rings. The van der Waals surface area contributed by atoms with Gasteiger partial charge in [0.05, 0.1) is 41.4 Å². The molecule has 0 saturated heterocycles. The molecule has 0 fully saturated rings. The second-order valence-corrected chi connectivity index (χ2v) is 14.6. The van der Waals surface area contributed by atoms with Crippen molar-refractivity contribution in [3.8, 4) is 11.5 Å². The second-order valence-electron chi connectivity index (χ2n) is 14.6. The molecule has 62 heavy (non-hydrogen) atoms. The summed E-state index contributed by atoms with van der Waals surface area (Å²) in [4.78, 5) is 47.1. The zero-order valence-electron chi connectivity index (χ0n) is 36.5. The molecule has 0 heterocycles. The molecule has 3 aromatic carbocycles. The molecule has 0 spiro atoms. The van der Waals surface area contributed by atoms with Gasteiger partial charge in [-0.25, -0.2) is 4.79 Å². The largest absolute Gasteiger partial charge is 0.491 e. The highest BCUT2D eigenvalue weighted by molar-refractivity contribution is 5.90. The number of azo groups is 2. The highest BCUT2D eigenvalue weighted by Crippen LogP contribution is 2.43. The quantitative estimate of drug-likeness (QED) is 0.0154. The Morgan fingerprint density at radius 2 is 1.32 bits per heavy atom. The van der Waals surface area contributed by atoms with Gasteiger partial charge in [-0.3, -0.25) is 25.0 Å². The van der Waals surface area contributed by atoms with Gasteiger partial charge in [0, 0.05) is 30.0 Å². The Balaban J connectivity index is 2.12. The molecule has 0 aliphatic carbocycles. The van der Waals surface area contributed by atoms with Crippen molar-refractivity contribution < 1.29 is 38.4 Å². The summed E-state index contributed by atoms with van der Waals surface area (Å²) in [5.74, 6) is 0.287. The number of ether oxygens (including phenoxy) is 4. The third-order valence-corrected chi connectivity index (χ3v) is 10.0. The summed E-state index contributed by atoms with van der Waals surface area (Å²) < 4.78 is 23.7. The maximum absolute atomic E-state index is 11.9. The van der Waals surface area contributed by atoms with E-state index in [4.69, 9.17) is 18.9 Å². The Morgan fingerprint density at radius 1 is 0.758 bits per heavy atom. The molecule has 2 atom stereocenters. The highest BCUT2D eigenvalue weighted by atomic mass is 16.6. The average Bonchev–Trinajstić information content (AvgIpc) is 3.27. The summed E-state index contributed by atoms with van der Waals surface area (Å²) in [7, 11) is 0. The van der Waals surface area contributed by atoms with Crippen molar-refractivity contribution in [1.82, 2.24) is 0 Å². The SMILES string of the molecule is C=CC(=O)COCN(CCOC(=O)C=C)c1ccc(N=Nc2cc(OCC(CC)CCCC)c(N=Nc3ccc([N+](=O)[O-])cc3[N+](=O)[O-])cc2OCC(CC)CCCC)c(C)c1. The van der Waals surface area contributed by atoms with Crippen LogP contribution in [0.1, 0.15) is 84.6 Å².